The van der Waals surface area contributed by atoms with E-state index in [-0.39, 0.29) is 0 Å². The van der Waals surface area contributed by atoms with Gasteiger partial charge in [-0.2, -0.15) is 0 Å². The van der Waals surface area contributed by atoms with E-state index in [0.717, 1.165) is 37.8 Å². The zero-order chi connectivity index (χ0) is 14.7. The number of nitrogens with zero attached hydrogens (tertiary/aromatic N) is 1. The molecule has 0 bridgehead atoms. The molecule has 1 aromatic rings. The fourth-order valence-corrected chi connectivity index (χ4v) is 2.92. The Hall–Kier alpha value is -1.07. The summed E-state index contributed by atoms with van der Waals surface area (Å²) in [6.07, 6.45) is 4.34. The smallest absolute Gasteiger partial charge is 0.194 e. The molecule has 0 atom stereocenters. The van der Waals surface area contributed by atoms with Gasteiger partial charge >= 0.3 is 0 Å². The maximum Gasteiger partial charge on any atom is 0.194 e. The van der Waals surface area contributed by atoms with Crippen molar-refractivity contribution in [1.82, 2.24) is 10.2 Å². The summed E-state index contributed by atoms with van der Waals surface area (Å²) >= 11 is 0. The Bertz CT molecular complexity index is 433. The summed E-state index contributed by atoms with van der Waals surface area (Å²) in [6.45, 7) is 0.434. The standard InChI is InChI=1S/C15H21F3N2/c1-19-11-3-5-12(6-4-11)20(2)9-10-7-13(16)15(18)14(17)8-10/h7-8,11-12,19H,3-6,9H2,1-2H3. The number of halogens is 3. The van der Waals surface area contributed by atoms with Crippen LogP contribution < -0.4 is 5.32 Å². The van der Waals surface area contributed by atoms with Gasteiger partial charge in [-0.05, 0) is 57.5 Å². The number of hydrogen-bond acceptors (Lipinski definition) is 2. The van der Waals surface area contributed by atoms with Crippen LogP contribution >= 0.6 is 0 Å². The molecule has 0 aliphatic heterocycles. The lowest BCUT2D eigenvalue weighted by Crippen LogP contribution is -2.39. The number of benzene rings is 1. The fourth-order valence-electron chi connectivity index (χ4n) is 2.92. The van der Waals surface area contributed by atoms with E-state index in [9.17, 15) is 13.2 Å². The van der Waals surface area contributed by atoms with Gasteiger partial charge in [0.25, 0.3) is 0 Å². The maximum atomic E-state index is 13.2. The molecule has 2 nitrogen and oxygen atoms in total. The van der Waals surface area contributed by atoms with Gasteiger partial charge in [0.1, 0.15) is 0 Å². The second-order valence-corrected chi connectivity index (χ2v) is 5.58. The summed E-state index contributed by atoms with van der Waals surface area (Å²) in [7, 11) is 3.92. The van der Waals surface area contributed by atoms with Crippen LogP contribution in [0, 0.1) is 17.5 Å². The number of rotatable bonds is 4. The van der Waals surface area contributed by atoms with Crippen molar-refractivity contribution in [2.75, 3.05) is 14.1 Å². The molecule has 5 heteroatoms. The molecule has 0 heterocycles. The Kier molecular flexibility index (Phi) is 5.05. The van der Waals surface area contributed by atoms with Gasteiger partial charge in [0.15, 0.2) is 17.5 Å². The number of nitrogens with one attached hydrogen (secondary N) is 1. The Labute approximate surface area is 118 Å². The minimum Gasteiger partial charge on any atom is -0.317 e. The highest BCUT2D eigenvalue weighted by molar-refractivity contribution is 5.19. The second-order valence-electron chi connectivity index (χ2n) is 5.58. The van der Waals surface area contributed by atoms with Gasteiger partial charge in [0.2, 0.25) is 0 Å². The fraction of sp³-hybridized carbons (Fsp3) is 0.600. The minimum absolute atomic E-state index is 0.413. The molecular formula is C15H21F3N2. The molecule has 1 fully saturated rings. The predicted octanol–water partition coefficient (Wildman–Crippen LogP) is 3.07. The lowest BCUT2D eigenvalue weighted by atomic mass is 9.90. The van der Waals surface area contributed by atoms with E-state index in [1.54, 1.807) is 0 Å². The normalized spacial score (nSPS) is 23.3. The first kappa shape index (κ1) is 15.3. The molecule has 1 aliphatic rings. The molecule has 0 aromatic heterocycles. The largest absolute Gasteiger partial charge is 0.317 e. The molecule has 0 radical (unpaired) electrons. The van der Waals surface area contributed by atoms with E-state index in [2.05, 4.69) is 10.2 Å². The topological polar surface area (TPSA) is 15.3 Å². The van der Waals surface area contributed by atoms with E-state index < -0.39 is 17.5 Å². The summed E-state index contributed by atoms with van der Waals surface area (Å²) in [5.74, 6) is -3.63. The molecule has 1 saturated carbocycles. The SMILES string of the molecule is CNC1CCC(N(C)Cc2cc(F)c(F)c(F)c2)CC1. The van der Waals surface area contributed by atoms with Crippen LogP contribution in [-0.4, -0.2) is 31.1 Å². The van der Waals surface area contributed by atoms with Crippen LogP contribution in [0.3, 0.4) is 0 Å². The van der Waals surface area contributed by atoms with Crippen molar-refractivity contribution < 1.29 is 13.2 Å². The first-order chi connectivity index (χ1) is 9.51. The molecule has 0 amide bonds. The summed E-state index contributed by atoms with van der Waals surface area (Å²) < 4.78 is 39.3. The quantitative estimate of drug-likeness (QED) is 0.856. The van der Waals surface area contributed by atoms with Crippen molar-refractivity contribution in [3.05, 3.63) is 35.1 Å². The summed E-state index contributed by atoms with van der Waals surface area (Å²) in [5, 5.41) is 3.27. The molecule has 1 aromatic carbocycles. The summed E-state index contributed by atoms with van der Waals surface area (Å²) in [6, 6.07) is 3.14. The first-order valence-electron chi connectivity index (χ1n) is 7.02. The van der Waals surface area contributed by atoms with Crippen LogP contribution in [0.2, 0.25) is 0 Å². The van der Waals surface area contributed by atoms with Crippen molar-refractivity contribution in [3.63, 3.8) is 0 Å². The Balaban J connectivity index is 1.96. The minimum atomic E-state index is -1.40. The Morgan fingerprint density at radius 1 is 1.10 bits per heavy atom. The van der Waals surface area contributed by atoms with Crippen molar-refractivity contribution >= 4 is 0 Å². The molecule has 2 rings (SSSR count). The van der Waals surface area contributed by atoms with E-state index in [0.29, 0.717) is 24.2 Å². The van der Waals surface area contributed by atoms with Crippen molar-refractivity contribution in [2.45, 2.75) is 44.3 Å². The molecule has 112 valence electrons. The molecule has 20 heavy (non-hydrogen) atoms. The van der Waals surface area contributed by atoms with Crippen LogP contribution in [-0.2, 0) is 6.54 Å². The second kappa shape index (κ2) is 6.59. The van der Waals surface area contributed by atoms with Crippen molar-refractivity contribution in [1.29, 1.82) is 0 Å². The summed E-state index contributed by atoms with van der Waals surface area (Å²) in [4.78, 5) is 2.10. The molecule has 0 saturated heterocycles. The molecule has 0 spiro atoms. The first-order valence-corrected chi connectivity index (χ1v) is 7.02. The third-order valence-corrected chi connectivity index (χ3v) is 4.20. The molecule has 1 aliphatic carbocycles. The van der Waals surface area contributed by atoms with Crippen LogP contribution in [0.15, 0.2) is 12.1 Å². The van der Waals surface area contributed by atoms with Gasteiger partial charge < -0.3 is 5.32 Å². The van der Waals surface area contributed by atoms with Gasteiger partial charge in [0, 0.05) is 18.6 Å². The monoisotopic (exact) mass is 286 g/mol. The van der Waals surface area contributed by atoms with E-state index >= 15 is 0 Å². The van der Waals surface area contributed by atoms with Crippen molar-refractivity contribution in [2.24, 2.45) is 0 Å². The Morgan fingerprint density at radius 2 is 1.65 bits per heavy atom. The highest BCUT2D eigenvalue weighted by Crippen LogP contribution is 2.24. The average Bonchev–Trinajstić information content (AvgIpc) is 2.44. The van der Waals surface area contributed by atoms with E-state index in [4.69, 9.17) is 0 Å². The third kappa shape index (κ3) is 3.52. The highest BCUT2D eigenvalue weighted by Gasteiger charge is 2.23. The van der Waals surface area contributed by atoms with Crippen LogP contribution in [0.5, 0.6) is 0 Å². The maximum absolute atomic E-state index is 13.2. The molecular weight excluding hydrogens is 265 g/mol. The summed E-state index contributed by atoms with van der Waals surface area (Å²) in [5.41, 5.74) is 0.472. The van der Waals surface area contributed by atoms with Crippen LogP contribution in [0.1, 0.15) is 31.2 Å². The third-order valence-electron chi connectivity index (χ3n) is 4.20. The van der Waals surface area contributed by atoms with Gasteiger partial charge in [-0.25, -0.2) is 13.2 Å². The zero-order valence-electron chi connectivity index (χ0n) is 11.9. The van der Waals surface area contributed by atoms with Gasteiger partial charge in [-0.1, -0.05) is 0 Å². The van der Waals surface area contributed by atoms with E-state index in [1.807, 2.05) is 14.1 Å². The zero-order valence-corrected chi connectivity index (χ0v) is 11.9. The predicted molar refractivity (Wildman–Crippen MR) is 72.9 cm³/mol. The van der Waals surface area contributed by atoms with Gasteiger partial charge in [-0.3, -0.25) is 4.90 Å². The average molecular weight is 286 g/mol. The molecule has 1 N–H and O–H groups in total. The Morgan fingerprint density at radius 3 is 2.15 bits per heavy atom. The van der Waals surface area contributed by atoms with E-state index in [1.165, 1.54) is 0 Å². The highest BCUT2D eigenvalue weighted by atomic mass is 19.2. The lowest BCUT2D eigenvalue weighted by molar-refractivity contribution is 0.169. The van der Waals surface area contributed by atoms with Gasteiger partial charge in [-0.15, -0.1) is 0 Å². The van der Waals surface area contributed by atoms with Gasteiger partial charge in [0.05, 0.1) is 0 Å². The molecule has 0 unspecified atom stereocenters. The lowest BCUT2D eigenvalue weighted by Gasteiger charge is -2.34. The number of hydrogen-bond donors (Lipinski definition) is 1. The van der Waals surface area contributed by atoms with Crippen LogP contribution in [0.4, 0.5) is 13.2 Å². The van der Waals surface area contributed by atoms with Crippen molar-refractivity contribution in [3.8, 4) is 0 Å². The van der Waals surface area contributed by atoms with Crippen LogP contribution in [0.25, 0.3) is 0 Å².